The molecular formula is C21H18F3N5O3. The van der Waals surface area contributed by atoms with Crippen LogP contribution in [0.2, 0.25) is 0 Å². The van der Waals surface area contributed by atoms with Crippen molar-refractivity contribution in [2.75, 3.05) is 5.32 Å². The molecule has 1 amide bonds. The van der Waals surface area contributed by atoms with Gasteiger partial charge in [0, 0.05) is 6.07 Å². The van der Waals surface area contributed by atoms with Gasteiger partial charge in [-0.2, -0.15) is 0 Å². The zero-order valence-electron chi connectivity index (χ0n) is 16.5. The first-order valence-electron chi connectivity index (χ1n) is 9.59. The molecule has 3 N–H and O–H groups in total. The number of rotatable bonds is 8. The molecule has 4 aromatic rings. The molecule has 0 aliphatic carbocycles. The molecule has 2 heterocycles. The second-order valence-electron chi connectivity index (χ2n) is 6.89. The molecule has 0 saturated heterocycles. The Morgan fingerprint density at radius 2 is 2.00 bits per heavy atom. The number of H-pyrrole nitrogens is 1. The molecule has 0 spiro atoms. The van der Waals surface area contributed by atoms with Crippen LogP contribution >= 0.6 is 0 Å². The molecule has 1 unspecified atom stereocenters. The van der Waals surface area contributed by atoms with Crippen molar-refractivity contribution in [3.8, 4) is 5.75 Å². The number of amides is 1. The fourth-order valence-corrected chi connectivity index (χ4v) is 3.14. The van der Waals surface area contributed by atoms with E-state index >= 15 is 0 Å². The molecular weight excluding hydrogens is 427 g/mol. The van der Waals surface area contributed by atoms with Crippen LogP contribution in [0.15, 0.2) is 65.4 Å². The second kappa shape index (κ2) is 9.00. The zero-order chi connectivity index (χ0) is 22.6. The lowest BCUT2D eigenvalue weighted by Gasteiger charge is -2.19. The van der Waals surface area contributed by atoms with Crippen molar-refractivity contribution in [3.63, 3.8) is 0 Å². The molecule has 0 bridgehead atoms. The first-order valence-corrected chi connectivity index (χ1v) is 9.59. The normalized spacial score (nSPS) is 12.5. The minimum absolute atomic E-state index is 0.0790. The number of hydrogen-bond acceptors (Lipinski definition) is 6. The molecule has 11 heteroatoms. The molecule has 2 aromatic heterocycles. The van der Waals surface area contributed by atoms with E-state index in [2.05, 4.69) is 30.5 Å². The summed E-state index contributed by atoms with van der Waals surface area (Å²) in [5.74, 6) is -0.346. The number of para-hydroxylation sites is 2. The van der Waals surface area contributed by atoms with Crippen LogP contribution < -0.4 is 15.4 Å². The number of nitrogens with one attached hydrogen (secondary N) is 3. The zero-order valence-corrected chi connectivity index (χ0v) is 16.5. The summed E-state index contributed by atoms with van der Waals surface area (Å²) in [6, 6.07) is 13.7. The maximum atomic E-state index is 12.7. The van der Waals surface area contributed by atoms with Crippen molar-refractivity contribution < 1.29 is 27.2 Å². The third kappa shape index (κ3) is 5.56. The van der Waals surface area contributed by atoms with Crippen LogP contribution in [0.3, 0.4) is 0 Å². The lowest BCUT2D eigenvalue weighted by atomic mass is 10.0. The van der Waals surface area contributed by atoms with Gasteiger partial charge in [0.25, 0.3) is 0 Å². The molecule has 8 nitrogen and oxygen atoms in total. The molecule has 0 radical (unpaired) electrons. The highest BCUT2D eigenvalue weighted by atomic mass is 19.4. The summed E-state index contributed by atoms with van der Waals surface area (Å²) in [4.78, 5) is 20.1. The largest absolute Gasteiger partial charge is 0.573 e. The van der Waals surface area contributed by atoms with Gasteiger partial charge in [0.15, 0.2) is 0 Å². The van der Waals surface area contributed by atoms with Crippen molar-refractivity contribution in [1.29, 1.82) is 0 Å². The van der Waals surface area contributed by atoms with Gasteiger partial charge >= 0.3 is 6.36 Å². The summed E-state index contributed by atoms with van der Waals surface area (Å²) in [7, 11) is 0. The Morgan fingerprint density at radius 3 is 2.75 bits per heavy atom. The fraction of sp³-hybridized carbons (Fsp3) is 0.190. The number of carbonyl (C=O) groups is 1. The minimum atomic E-state index is -4.82. The monoisotopic (exact) mass is 445 g/mol. The number of halogens is 3. The number of alkyl halides is 3. The number of fused-ring (bicyclic) bond motifs is 1. The highest BCUT2D eigenvalue weighted by Crippen LogP contribution is 2.29. The number of nitrogens with zero attached hydrogens (tertiary/aromatic N) is 2. The summed E-state index contributed by atoms with van der Waals surface area (Å²) in [6.07, 6.45) is -3.51. The number of anilines is 1. The average Bonchev–Trinajstić information content (AvgIpc) is 3.40. The van der Waals surface area contributed by atoms with Crippen LogP contribution in [0.1, 0.15) is 23.7 Å². The Labute approximate surface area is 179 Å². The van der Waals surface area contributed by atoms with Gasteiger partial charge in [-0.25, -0.2) is 4.98 Å². The maximum absolute atomic E-state index is 12.7. The Kier molecular flexibility index (Phi) is 5.97. The van der Waals surface area contributed by atoms with E-state index in [9.17, 15) is 18.0 Å². The molecule has 0 aliphatic heterocycles. The average molecular weight is 445 g/mol. The maximum Gasteiger partial charge on any atom is 0.573 e. The van der Waals surface area contributed by atoms with Crippen LogP contribution in [-0.4, -0.2) is 27.4 Å². The topological polar surface area (TPSA) is 105 Å². The summed E-state index contributed by atoms with van der Waals surface area (Å²) in [5.41, 5.74) is 2.45. The molecule has 166 valence electrons. The molecule has 2 aromatic carbocycles. The van der Waals surface area contributed by atoms with Crippen molar-refractivity contribution in [2.24, 2.45) is 0 Å². The van der Waals surface area contributed by atoms with Crippen molar-refractivity contribution >= 4 is 22.9 Å². The third-order valence-corrected chi connectivity index (χ3v) is 4.54. The van der Waals surface area contributed by atoms with E-state index < -0.39 is 12.4 Å². The second-order valence-corrected chi connectivity index (χ2v) is 6.89. The lowest BCUT2D eigenvalue weighted by Crippen LogP contribution is -2.27. The number of benzene rings is 2. The van der Waals surface area contributed by atoms with E-state index in [4.69, 9.17) is 4.52 Å². The van der Waals surface area contributed by atoms with Crippen LogP contribution in [0, 0.1) is 0 Å². The van der Waals surface area contributed by atoms with Gasteiger partial charge in [-0.1, -0.05) is 29.4 Å². The first kappa shape index (κ1) is 21.2. The van der Waals surface area contributed by atoms with E-state index in [1.165, 1.54) is 24.5 Å². The quantitative estimate of drug-likeness (QED) is 0.373. The predicted octanol–water partition coefficient (Wildman–Crippen LogP) is 4.31. The Balaban J connectivity index is 1.55. The predicted molar refractivity (Wildman–Crippen MR) is 109 cm³/mol. The first-order chi connectivity index (χ1) is 15.4. The summed E-state index contributed by atoms with van der Waals surface area (Å²) in [5, 5.41) is 9.53. The minimum Gasteiger partial charge on any atom is -0.406 e. The highest BCUT2D eigenvalue weighted by molar-refractivity contribution is 5.79. The Morgan fingerprint density at radius 1 is 1.16 bits per heavy atom. The van der Waals surface area contributed by atoms with Crippen molar-refractivity contribution in [2.45, 2.75) is 25.4 Å². The van der Waals surface area contributed by atoms with Crippen LogP contribution in [0.4, 0.5) is 19.1 Å². The van der Waals surface area contributed by atoms with Gasteiger partial charge in [0.05, 0.1) is 30.0 Å². The molecule has 0 saturated carbocycles. The van der Waals surface area contributed by atoms with Gasteiger partial charge in [0.2, 0.25) is 11.9 Å². The molecule has 0 fully saturated rings. The van der Waals surface area contributed by atoms with E-state index in [0.717, 1.165) is 5.52 Å². The van der Waals surface area contributed by atoms with E-state index in [1.54, 1.807) is 12.1 Å². The number of carbonyl (C=O) groups excluding carboxylic acids is 1. The smallest absolute Gasteiger partial charge is 0.406 e. The van der Waals surface area contributed by atoms with Crippen molar-refractivity contribution in [1.82, 2.24) is 20.4 Å². The number of aromatic nitrogens is 3. The third-order valence-electron chi connectivity index (χ3n) is 4.54. The van der Waals surface area contributed by atoms with Gasteiger partial charge in [0.1, 0.15) is 17.7 Å². The SMILES string of the molecule is O=C(CC(Nc1nc2ccccc2[nH]1)c1cccc(OC(F)(F)F)c1)NCc1ccon1. The number of hydrogen-bond donors (Lipinski definition) is 3. The van der Waals surface area contributed by atoms with Crippen LogP contribution in [0.5, 0.6) is 5.75 Å². The van der Waals surface area contributed by atoms with Gasteiger partial charge in [-0.3, -0.25) is 4.79 Å². The van der Waals surface area contributed by atoms with Gasteiger partial charge in [-0.15, -0.1) is 13.2 Å². The van der Waals surface area contributed by atoms with E-state index in [-0.39, 0.29) is 24.6 Å². The van der Waals surface area contributed by atoms with Gasteiger partial charge < -0.3 is 24.9 Å². The van der Waals surface area contributed by atoms with Crippen LogP contribution in [0.25, 0.3) is 11.0 Å². The lowest BCUT2D eigenvalue weighted by molar-refractivity contribution is -0.274. The van der Waals surface area contributed by atoms with Crippen LogP contribution in [-0.2, 0) is 11.3 Å². The molecule has 32 heavy (non-hydrogen) atoms. The van der Waals surface area contributed by atoms with Crippen molar-refractivity contribution in [3.05, 3.63) is 72.1 Å². The molecule has 0 aliphatic rings. The fourth-order valence-electron chi connectivity index (χ4n) is 3.14. The summed E-state index contributed by atoms with van der Waals surface area (Å²) in [6.45, 7) is 0.157. The number of ether oxygens (including phenoxy) is 1. The Bertz CT molecular complexity index is 1160. The summed E-state index contributed by atoms with van der Waals surface area (Å²) >= 11 is 0. The number of aromatic amines is 1. The van der Waals surface area contributed by atoms with E-state index in [0.29, 0.717) is 22.7 Å². The summed E-state index contributed by atoms with van der Waals surface area (Å²) < 4.78 is 46.7. The number of imidazole rings is 1. The highest BCUT2D eigenvalue weighted by Gasteiger charge is 2.31. The standard InChI is InChI=1S/C21H18F3N5O3/c22-21(23,24)32-15-5-3-4-13(10-15)18(11-19(30)25-12-14-8-9-31-29-14)28-20-26-16-6-1-2-7-17(16)27-20/h1-10,18H,11-12H2,(H,25,30)(H2,26,27,28). The molecule has 4 rings (SSSR count). The van der Waals surface area contributed by atoms with E-state index in [1.807, 2.05) is 24.3 Å². The Hall–Kier alpha value is -4.02. The molecule has 1 atom stereocenters. The van der Waals surface area contributed by atoms with Gasteiger partial charge in [-0.05, 0) is 29.8 Å².